The first kappa shape index (κ1) is 18.0. The third-order valence-electron chi connectivity index (χ3n) is 5.29. The van der Waals surface area contributed by atoms with E-state index in [4.69, 9.17) is 0 Å². The Bertz CT molecular complexity index is 474. The minimum Gasteiger partial charge on any atom is -0.481 e. The number of hydrogen-bond acceptors (Lipinski definition) is 2. The van der Waals surface area contributed by atoms with Gasteiger partial charge in [-0.05, 0) is 68.0 Å². The molecule has 2 rings (SSSR count). The molecule has 23 heavy (non-hydrogen) atoms. The molecule has 3 heteroatoms. The lowest BCUT2D eigenvalue weighted by molar-refractivity contribution is -0.139. The summed E-state index contributed by atoms with van der Waals surface area (Å²) in [5.74, 6) is 1.41. The van der Waals surface area contributed by atoms with Crippen LogP contribution in [-0.4, -0.2) is 24.2 Å². The van der Waals surface area contributed by atoms with Gasteiger partial charge in [0.15, 0.2) is 0 Å². The van der Waals surface area contributed by atoms with Gasteiger partial charge in [-0.3, -0.25) is 4.79 Å². The summed E-state index contributed by atoms with van der Waals surface area (Å²) in [4.78, 5) is 11.2. The maximum absolute atomic E-state index is 11.2. The Morgan fingerprint density at radius 2 is 1.96 bits per heavy atom. The van der Waals surface area contributed by atoms with Crippen molar-refractivity contribution in [3.05, 3.63) is 35.9 Å². The maximum atomic E-state index is 11.2. The molecule has 128 valence electrons. The molecule has 0 aliphatic heterocycles. The van der Waals surface area contributed by atoms with E-state index in [1.165, 1.54) is 12.0 Å². The second-order valence-corrected chi connectivity index (χ2v) is 7.37. The molecule has 4 atom stereocenters. The Labute approximate surface area is 140 Å². The van der Waals surface area contributed by atoms with Gasteiger partial charge >= 0.3 is 5.97 Å². The van der Waals surface area contributed by atoms with E-state index in [0.29, 0.717) is 30.1 Å². The van der Waals surface area contributed by atoms with Crippen molar-refractivity contribution in [3.8, 4) is 0 Å². The molecule has 1 aromatic carbocycles. The van der Waals surface area contributed by atoms with Gasteiger partial charge in [0, 0.05) is 6.42 Å². The molecule has 0 amide bonds. The lowest BCUT2D eigenvalue weighted by Gasteiger charge is -2.39. The smallest absolute Gasteiger partial charge is 0.303 e. The van der Waals surface area contributed by atoms with Crippen molar-refractivity contribution in [2.24, 2.45) is 23.7 Å². The van der Waals surface area contributed by atoms with E-state index in [1.54, 1.807) is 0 Å². The van der Waals surface area contributed by atoms with Crippen LogP contribution in [0.3, 0.4) is 0 Å². The molecule has 4 unspecified atom stereocenters. The van der Waals surface area contributed by atoms with Gasteiger partial charge in [0.1, 0.15) is 0 Å². The van der Waals surface area contributed by atoms with E-state index in [0.717, 1.165) is 32.4 Å². The van der Waals surface area contributed by atoms with Crippen LogP contribution in [0.25, 0.3) is 0 Å². The Morgan fingerprint density at radius 1 is 1.22 bits per heavy atom. The third kappa shape index (κ3) is 5.98. The third-order valence-corrected chi connectivity index (χ3v) is 5.29. The van der Waals surface area contributed by atoms with Crippen molar-refractivity contribution >= 4 is 5.97 Å². The number of hydrogen-bond donors (Lipinski definition) is 2. The summed E-state index contributed by atoms with van der Waals surface area (Å²) in [7, 11) is 0. The van der Waals surface area contributed by atoms with Gasteiger partial charge in [0.05, 0.1) is 0 Å². The Balaban J connectivity index is 1.74. The summed E-state index contributed by atoms with van der Waals surface area (Å²) < 4.78 is 0. The largest absolute Gasteiger partial charge is 0.481 e. The van der Waals surface area contributed by atoms with Crippen molar-refractivity contribution in [1.82, 2.24) is 5.32 Å². The fourth-order valence-electron chi connectivity index (χ4n) is 4.22. The number of benzene rings is 1. The molecule has 0 radical (unpaired) electrons. The highest BCUT2D eigenvalue weighted by Gasteiger charge is 2.34. The van der Waals surface area contributed by atoms with Crippen LogP contribution in [0, 0.1) is 23.7 Å². The predicted molar refractivity (Wildman–Crippen MR) is 94.4 cm³/mol. The number of carbonyl (C=O) groups is 1. The van der Waals surface area contributed by atoms with Crippen LogP contribution >= 0.6 is 0 Å². The average molecular weight is 317 g/mol. The summed E-state index contributed by atoms with van der Waals surface area (Å²) in [5, 5.41) is 12.8. The van der Waals surface area contributed by atoms with Crippen LogP contribution in [0.2, 0.25) is 0 Å². The van der Waals surface area contributed by atoms with Crippen LogP contribution in [-0.2, 0) is 11.2 Å². The zero-order valence-corrected chi connectivity index (χ0v) is 14.5. The highest BCUT2D eigenvalue weighted by molar-refractivity contribution is 5.67. The van der Waals surface area contributed by atoms with Gasteiger partial charge in [0.2, 0.25) is 0 Å². The van der Waals surface area contributed by atoms with E-state index < -0.39 is 5.97 Å². The van der Waals surface area contributed by atoms with Gasteiger partial charge in [0.25, 0.3) is 0 Å². The van der Waals surface area contributed by atoms with Crippen molar-refractivity contribution in [2.75, 3.05) is 13.1 Å². The molecule has 0 saturated heterocycles. The highest BCUT2D eigenvalue weighted by Crippen LogP contribution is 2.39. The van der Waals surface area contributed by atoms with E-state index in [-0.39, 0.29) is 0 Å². The molecule has 1 fully saturated rings. The molecule has 0 heterocycles. The molecule has 0 spiro atoms. The standard InChI is InChI=1S/C20H31NO2/c1-15-11-16(2)19(13-20(22)23)18(12-15)14-21-10-6-9-17-7-4-3-5-8-17/h3-5,7-8,15-16,18-19,21H,6,9-14H2,1-2H3,(H,22,23). The van der Waals surface area contributed by atoms with Crippen molar-refractivity contribution in [2.45, 2.75) is 46.0 Å². The topological polar surface area (TPSA) is 49.3 Å². The predicted octanol–water partition coefficient (Wildman–Crippen LogP) is 3.98. The molecule has 1 aromatic rings. The molecule has 1 saturated carbocycles. The van der Waals surface area contributed by atoms with Crippen LogP contribution < -0.4 is 5.32 Å². The summed E-state index contributed by atoms with van der Waals surface area (Å²) in [5.41, 5.74) is 1.39. The second kappa shape index (κ2) is 9.07. The Kier molecular flexibility index (Phi) is 7.10. The van der Waals surface area contributed by atoms with Crippen LogP contribution in [0.1, 0.15) is 45.1 Å². The van der Waals surface area contributed by atoms with E-state index in [9.17, 15) is 9.90 Å². The normalized spacial score (nSPS) is 27.7. The number of carboxylic acids is 1. The lowest BCUT2D eigenvalue weighted by atomic mass is 9.67. The SMILES string of the molecule is CC1CC(C)C(CC(=O)O)C(CNCCCc2ccccc2)C1. The quantitative estimate of drug-likeness (QED) is 0.713. The maximum Gasteiger partial charge on any atom is 0.303 e. The summed E-state index contributed by atoms with van der Waals surface area (Å²) in [6.07, 6.45) is 4.88. The Hall–Kier alpha value is -1.35. The fraction of sp³-hybridized carbons (Fsp3) is 0.650. The van der Waals surface area contributed by atoms with Crippen LogP contribution in [0.15, 0.2) is 30.3 Å². The number of aryl methyl sites for hydroxylation is 1. The van der Waals surface area contributed by atoms with Crippen molar-refractivity contribution in [3.63, 3.8) is 0 Å². The zero-order chi connectivity index (χ0) is 16.7. The van der Waals surface area contributed by atoms with Gasteiger partial charge in [-0.1, -0.05) is 44.2 Å². The number of carboxylic acid groups (broad SMARTS) is 1. The Morgan fingerprint density at radius 3 is 2.65 bits per heavy atom. The first-order valence-electron chi connectivity index (χ1n) is 9.02. The molecular formula is C20H31NO2. The summed E-state index contributed by atoms with van der Waals surface area (Å²) in [6, 6.07) is 10.6. The highest BCUT2D eigenvalue weighted by atomic mass is 16.4. The van der Waals surface area contributed by atoms with E-state index in [2.05, 4.69) is 49.5 Å². The van der Waals surface area contributed by atoms with Gasteiger partial charge in [-0.25, -0.2) is 0 Å². The minimum absolute atomic E-state index is 0.324. The van der Waals surface area contributed by atoms with E-state index >= 15 is 0 Å². The first-order valence-corrected chi connectivity index (χ1v) is 9.02. The number of nitrogens with one attached hydrogen (secondary N) is 1. The number of rotatable bonds is 8. The number of aliphatic carboxylic acids is 1. The summed E-state index contributed by atoms with van der Waals surface area (Å²) >= 11 is 0. The van der Waals surface area contributed by atoms with Gasteiger partial charge < -0.3 is 10.4 Å². The second-order valence-electron chi connectivity index (χ2n) is 7.37. The van der Waals surface area contributed by atoms with Crippen molar-refractivity contribution in [1.29, 1.82) is 0 Å². The molecule has 1 aliphatic rings. The molecule has 3 nitrogen and oxygen atoms in total. The molecule has 2 N–H and O–H groups in total. The zero-order valence-electron chi connectivity index (χ0n) is 14.5. The fourth-order valence-corrected chi connectivity index (χ4v) is 4.22. The van der Waals surface area contributed by atoms with Crippen LogP contribution in [0.5, 0.6) is 0 Å². The minimum atomic E-state index is -0.648. The van der Waals surface area contributed by atoms with E-state index in [1.807, 2.05) is 0 Å². The van der Waals surface area contributed by atoms with Crippen LogP contribution in [0.4, 0.5) is 0 Å². The molecule has 1 aliphatic carbocycles. The average Bonchev–Trinajstić information content (AvgIpc) is 2.51. The first-order chi connectivity index (χ1) is 11.1. The lowest BCUT2D eigenvalue weighted by Crippen LogP contribution is -2.38. The van der Waals surface area contributed by atoms with Crippen molar-refractivity contribution < 1.29 is 9.90 Å². The summed E-state index contributed by atoms with van der Waals surface area (Å²) in [6.45, 7) is 6.50. The molecular weight excluding hydrogens is 286 g/mol. The van der Waals surface area contributed by atoms with Gasteiger partial charge in [-0.15, -0.1) is 0 Å². The molecule has 0 bridgehead atoms. The monoisotopic (exact) mass is 317 g/mol. The van der Waals surface area contributed by atoms with Gasteiger partial charge in [-0.2, -0.15) is 0 Å². The molecule has 0 aromatic heterocycles.